The third-order valence-corrected chi connectivity index (χ3v) is 1.80. The Balaban J connectivity index is 0.000000202. The summed E-state index contributed by atoms with van der Waals surface area (Å²) >= 11 is 0. The number of carboxylic acid groups (broad SMARTS) is 1. The molecule has 0 unspecified atom stereocenters. The first-order chi connectivity index (χ1) is 5.64. The highest BCUT2D eigenvalue weighted by Gasteiger charge is 1.99. The SMILES string of the molecule is C1CCCCC1.CC(=O)C(=O)O. The van der Waals surface area contributed by atoms with E-state index in [0.717, 1.165) is 6.92 Å². The Morgan fingerprint density at radius 1 is 0.917 bits per heavy atom. The Morgan fingerprint density at radius 2 is 1.08 bits per heavy atom. The Labute approximate surface area is 72.8 Å². The number of aliphatic carboxylic acids is 1. The molecule has 1 saturated carbocycles. The zero-order valence-electron chi connectivity index (χ0n) is 7.51. The monoisotopic (exact) mass is 172 g/mol. The van der Waals surface area contributed by atoms with Crippen molar-refractivity contribution in [2.24, 2.45) is 0 Å². The first-order valence-corrected chi connectivity index (χ1v) is 4.38. The van der Waals surface area contributed by atoms with Crippen LogP contribution in [-0.4, -0.2) is 16.9 Å². The van der Waals surface area contributed by atoms with Crippen molar-refractivity contribution in [2.75, 3.05) is 0 Å². The summed E-state index contributed by atoms with van der Waals surface area (Å²) in [6.45, 7) is 1.00. The molecular weight excluding hydrogens is 156 g/mol. The summed E-state index contributed by atoms with van der Waals surface area (Å²) in [5.74, 6) is -2.20. The maximum Gasteiger partial charge on any atom is 0.371 e. The van der Waals surface area contributed by atoms with E-state index < -0.39 is 11.8 Å². The number of hydrogen-bond acceptors (Lipinski definition) is 2. The van der Waals surface area contributed by atoms with Gasteiger partial charge in [0.15, 0.2) is 0 Å². The van der Waals surface area contributed by atoms with Gasteiger partial charge >= 0.3 is 5.97 Å². The van der Waals surface area contributed by atoms with E-state index in [9.17, 15) is 9.59 Å². The number of rotatable bonds is 1. The van der Waals surface area contributed by atoms with Gasteiger partial charge in [0.1, 0.15) is 0 Å². The van der Waals surface area contributed by atoms with Crippen molar-refractivity contribution < 1.29 is 14.7 Å². The maximum absolute atomic E-state index is 9.54. The van der Waals surface area contributed by atoms with Crippen LogP contribution in [-0.2, 0) is 9.59 Å². The molecule has 0 spiro atoms. The molecule has 1 aliphatic rings. The van der Waals surface area contributed by atoms with Gasteiger partial charge < -0.3 is 5.11 Å². The van der Waals surface area contributed by atoms with Gasteiger partial charge in [-0.05, 0) is 0 Å². The fourth-order valence-corrected chi connectivity index (χ4v) is 1.06. The molecular formula is C9H16O3. The number of hydrogen-bond donors (Lipinski definition) is 1. The summed E-state index contributed by atoms with van der Waals surface area (Å²) in [7, 11) is 0. The van der Waals surface area contributed by atoms with Crippen LogP contribution in [0.1, 0.15) is 45.4 Å². The quantitative estimate of drug-likeness (QED) is 0.615. The second-order valence-corrected chi connectivity index (χ2v) is 2.98. The van der Waals surface area contributed by atoms with Crippen molar-refractivity contribution in [1.29, 1.82) is 0 Å². The Morgan fingerprint density at radius 3 is 1.17 bits per heavy atom. The normalized spacial score (nSPS) is 15.8. The highest BCUT2D eigenvalue weighted by molar-refractivity contribution is 6.31. The lowest BCUT2D eigenvalue weighted by Gasteiger charge is -2.05. The molecule has 0 radical (unpaired) electrons. The zero-order chi connectivity index (χ0) is 9.40. The lowest BCUT2D eigenvalue weighted by Crippen LogP contribution is -2.05. The first kappa shape index (κ1) is 11.1. The van der Waals surface area contributed by atoms with Crippen LogP contribution in [0, 0.1) is 0 Å². The van der Waals surface area contributed by atoms with Crippen LogP contribution in [0.3, 0.4) is 0 Å². The fraction of sp³-hybridized carbons (Fsp3) is 0.778. The molecule has 0 aromatic heterocycles. The van der Waals surface area contributed by atoms with Crippen LogP contribution < -0.4 is 0 Å². The van der Waals surface area contributed by atoms with E-state index in [0.29, 0.717) is 0 Å². The van der Waals surface area contributed by atoms with Crippen molar-refractivity contribution in [3.8, 4) is 0 Å². The number of Topliss-reactive ketones (excluding diaryl/α,β-unsaturated/α-hetero) is 1. The fourth-order valence-electron chi connectivity index (χ4n) is 1.06. The van der Waals surface area contributed by atoms with Gasteiger partial charge in [0.2, 0.25) is 5.78 Å². The van der Waals surface area contributed by atoms with Crippen LogP contribution in [0.5, 0.6) is 0 Å². The van der Waals surface area contributed by atoms with Crippen molar-refractivity contribution in [1.82, 2.24) is 0 Å². The van der Waals surface area contributed by atoms with Gasteiger partial charge in [0, 0.05) is 6.92 Å². The van der Waals surface area contributed by atoms with E-state index in [-0.39, 0.29) is 0 Å². The second-order valence-electron chi connectivity index (χ2n) is 2.98. The summed E-state index contributed by atoms with van der Waals surface area (Å²) in [6.07, 6.45) is 9.00. The third-order valence-electron chi connectivity index (χ3n) is 1.80. The molecule has 3 nitrogen and oxygen atoms in total. The molecule has 12 heavy (non-hydrogen) atoms. The van der Waals surface area contributed by atoms with Crippen molar-refractivity contribution in [2.45, 2.75) is 45.4 Å². The van der Waals surface area contributed by atoms with Gasteiger partial charge in [-0.15, -0.1) is 0 Å². The van der Waals surface area contributed by atoms with Crippen molar-refractivity contribution in [3.05, 3.63) is 0 Å². The number of carboxylic acids is 1. The lowest BCUT2D eigenvalue weighted by molar-refractivity contribution is -0.148. The predicted molar refractivity (Wildman–Crippen MR) is 46.0 cm³/mol. The second kappa shape index (κ2) is 6.83. The van der Waals surface area contributed by atoms with Crippen LogP contribution in [0.25, 0.3) is 0 Å². The minimum atomic E-state index is -1.38. The highest BCUT2D eigenvalue weighted by Crippen LogP contribution is 2.15. The summed E-state index contributed by atoms with van der Waals surface area (Å²) < 4.78 is 0. The molecule has 1 aliphatic carbocycles. The number of ketones is 1. The van der Waals surface area contributed by atoms with Crippen molar-refractivity contribution in [3.63, 3.8) is 0 Å². The first-order valence-electron chi connectivity index (χ1n) is 4.38. The minimum absolute atomic E-state index is 0.824. The van der Waals surface area contributed by atoms with E-state index in [1.807, 2.05) is 0 Å². The predicted octanol–water partition coefficient (Wildman–Crippen LogP) is 2.00. The molecule has 0 heterocycles. The third kappa shape index (κ3) is 7.25. The Hall–Kier alpha value is -0.860. The standard InChI is InChI=1S/C6H12.C3H4O3/c1-2-4-6-5-3-1;1-2(4)3(5)6/h1-6H2;1H3,(H,5,6). The van der Waals surface area contributed by atoms with Crippen LogP contribution >= 0.6 is 0 Å². The maximum atomic E-state index is 9.54. The molecule has 0 saturated heterocycles. The summed E-state index contributed by atoms with van der Waals surface area (Å²) in [4.78, 5) is 18.9. The van der Waals surface area contributed by atoms with Crippen molar-refractivity contribution >= 4 is 11.8 Å². The average Bonchev–Trinajstić information content (AvgIpc) is 2.08. The largest absolute Gasteiger partial charge is 0.476 e. The van der Waals surface area contributed by atoms with Gasteiger partial charge in [-0.2, -0.15) is 0 Å². The van der Waals surface area contributed by atoms with E-state index in [1.54, 1.807) is 0 Å². The summed E-state index contributed by atoms with van der Waals surface area (Å²) in [6, 6.07) is 0. The van der Waals surface area contributed by atoms with Crippen LogP contribution in [0.2, 0.25) is 0 Å². The molecule has 0 bridgehead atoms. The smallest absolute Gasteiger partial charge is 0.371 e. The molecule has 0 aromatic rings. The molecule has 1 N–H and O–H groups in total. The molecule has 3 heteroatoms. The summed E-state index contributed by atoms with van der Waals surface area (Å²) in [5.41, 5.74) is 0. The molecule has 0 aromatic carbocycles. The van der Waals surface area contributed by atoms with Gasteiger partial charge in [-0.3, -0.25) is 4.79 Å². The van der Waals surface area contributed by atoms with Crippen LogP contribution in [0.15, 0.2) is 0 Å². The van der Waals surface area contributed by atoms with Gasteiger partial charge in [-0.25, -0.2) is 4.79 Å². The van der Waals surface area contributed by atoms with E-state index >= 15 is 0 Å². The highest BCUT2D eigenvalue weighted by atomic mass is 16.4. The topological polar surface area (TPSA) is 54.4 Å². The molecule has 0 aliphatic heterocycles. The zero-order valence-corrected chi connectivity index (χ0v) is 7.51. The lowest BCUT2D eigenvalue weighted by atomic mass is 10.0. The number of carbonyl (C=O) groups is 2. The minimum Gasteiger partial charge on any atom is -0.476 e. The van der Waals surface area contributed by atoms with Gasteiger partial charge in [0.05, 0.1) is 0 Å². The summed E-state index contributed by atoms with van der Waals surface area (Å²) in [5, 5.41) is 7.64. The van der Waals surface area contributed by atoms with Gasteiger partial charge in [-0.1, -0.05) is 38.5 Å². The van der Waals surface area contributed by atoms with Gasteiger partial charge in [0.25, 0.3) is 0 Å². The van der Waals surface area contributed by atoms with E-state index in [4.69, 9.17) is 5.11 Å². The molecule has 70 valence electrons. The van der Waals surface area contributed by atoms with E-state index in [1.165, 1.54) is 38.5 Å². The average molecular weight is 172 g/mol. The molecule has 0 amide bonds. The Bertz CT molecular complexity index is 124. The number of carbonyl (C=O) groups excluding carboxylic acids is 1. The van der Waals surface area contributed by atoms with Crippen LogP contribution in [0.4, 0.5) is 0 Å². The van der Waals surface area contributed by atoms with E-state index in [2.05, 4.69) is 0 Å². The molecule has 1 rings (SSSR count). The Kier molecular flexibility index (Phi) is 6.34. The molecule has 1 fully saturated rings. The molecule has 0 atom stereocenters.